The first-order valence-corrected chi connectivity index (χ1v) is 12.6. The van der Waals surface area contributed by atoms with Crippen LogP contribution in [0.4, 0.5) is 5.69 Å². The predicted octanol–water partition coefficient (Wildman–Crippen LogP) is 6.14. The molecule has 166 valence electrons. The number of benzene rings is 2. The average molecular weight is 449 g/mol. The van der Waals surface area contributed by atoms with Crippen LogP contribution in [0.3, 0.4) is 0 Å². The molecule has 3 aromatic rings. The third-order valence-corrected chi connectivity index (χ3v) is 7.64. The molecule has 2 N–H and O–H groups in total. The second kappa shape index (κ2) is 9.41. The standard InChI is InChI=1S/C26H28N2O3S/c29-25(27-19-14-15-19)17-10-12-18(13-11-17)28-26(30)24-22(16-32-20-6-2-1-3-7-20)21-8-4-5-9-23(21)31-24/h4-5,8-13,19-20H,1-3,6-7,14-16H2,(H,27,29)(H,28,30). The Hall–Kier alpha value is -2.73. The summed E-state index contributed by atoms with van der Waals surface area (Å²) in [7, 11) is 0. The number of carbonyl (C=O) groups is 2. The fourth-order valence-electron chi connectivity index (χ4n) is 4.25. The van der Waals surface area contributed by atoms with E-state index in [0.717, 1.165) is 35.1 Å². The number of para-hydroxylation sites is 1. The van der Waals surface area contributed by atoms with Gasteiger partial charge < -0.3 is 15.1 Å². The van der Waals surface area contributed by atoms with E-state index in [1.807, 2.05) is 36.0 Å². The van der Waals surface area contributed by atoms with Gasteiger partial charge in [0.2, 0.25) is 0 Å². The van der Waals surface area contributed by atoms with Crippen LogP contribution < -0.4 is 10.6 Å². The molecule has 2 aromatic carbocycles. The van der Waals surface area contributed by atoms with E-state index in [-0.39, 0.29) is 11.8 Å². The molecule has 0 radical (unpaired) electrons. The molecule has 0 atom stereocenters. The molecule has 2 saturated carbocycles. The van der Waals surface area contributed by atoms with Gasteiger partial charge in [-0.1, -0.05) is 37.5 Å². The minimum Gasteiger partial charge on any atom is -0.451 e. The maximum atomic E-state index is 13.1. The Bertz CT molecular complexity index is 1110. The van der Waals surface area contributed by atoms with Crippen molar-refractivity contribution >= 4 is 40.2 Å². The number of fused-ring (bicyclic) bond motifs is 1. The van der Waals surface area contributed by atoms with E-state index in [2.05, 4.69) is 10.6 Å². The lowest BCUT2D eigenvalue weighted by molar-refractivity contribution is 0.0950. The zero-order valence-corrected chi connectivity index (χ0v) is 18.9. The van der Waals surface area contributed by atoms with Gasteiger partial charge in [-0.25, -0.2) is 0 Å². The highest BCUT2D eigenvalue weighted by Gasteiger charge is 2.24. The van der Waals surface area contributed by atoms with Crippen molar-refractivity contribution in [3.8, 4) is 0 Å². The molecule has 0 spiro atoms. The number of hydrogen-bond acceptors (Lipinski definition) is 4. The van der Waals surface area contributed by atoms with E-state index < -0.39 is 0 Å². The molecule has 6 heteroatoms. The fourth-order valence-corrected chi connectivity index (χ4v) is 5.60. The Morgan fingerprint density at radius 1 is 0.906 bits per heavy atom. The molecule has 1 aromatic heterocycles. The molecule has 2 aliphatic carbocycles. The van der Waals surface area contributed by atoms with Crippen LogP contribution in [0.2, 0.25) is 0 Å². The van der Waals surface area contributed by atoms with E-state index in [9.17, 15) is 9.59 Å². The van der Waals surface area contributed by atoms with Crippen molar-refractivity contribution in [1.82, 2.24) is 5.32 Å². The summed E-state index contributed by atoms with van der Waals surface area (Å²) < 4.78 is 6.00. The molecule has 5 rings (SSSR count). The van der Waals surface area contributed by atoms with Gasteiger partial charge in [0.25, 0.3) is 11.8 Å². The summed E-state index contributed by atoms with van der Waals surface area (Å²) in [6.45, 7) is 0. The van der Waals surface area contributed by atoms with Crippen molar-refractivity contribution in [1.29, 1.82) is 0 Å². The predicted molar refractivity (Wildman–Crippen MR) is 129 cm³/mol. The van der Waals surface area contributed by atoms with Gasteiger partial charge >= 0.3 is 0 Å². The van der Waals surface area contributed by atoms with E-state index in [1.54, 1.807) is 24.3 Å². The van der Waals surface area contributed by atoms with Gasteiger partial charge in [0, 0.05) is 39.2 Å². The fraction of sp³-hybridized carbons (Fsp3) is 0.385. The third kappa shape index (κ3) is 4.85. The Kier molecular flexibility index (Phi) is 6.21. The number of anilines is 1. The van der Waals surface area contributed by atoms with Gasteiger partial charge in [-0.2, -0.15) is 11.8 Å². The van der Waals surface area contributed by atoms with Crippen LogP contribution in [-0.4, -0.2) is 23.1 Å². The summed E-state index contributed by atoms with van der Waals surface area (Å²) in [5, 5.41) is 7.58. The topological polar surface area (TPSA) is 71.3 Å². The van der Waals surface area contributed by atoms with E-state index in [4.69, 9.17) is 4.42 Å². The minimum atomic E-state index is -0.254. The smallest absolute Gasteiger partial charge is 0.291 e. The SMILES string of the molecule is O=C(NC1CC1)c1ccc(NC(=O)c2oc3ccccc3c2CSC2CCCCC2)cc1. The van der Waals surface area contributed by atoms with E-state index in [0.29, 0.717) is 28.3 Å². The van der Waals surface area contributed by atoms with Crippen LogP contribution in [0, 0.1) is 0 Å². The first kappa shape index (κ1) is 21.1. The van der Waals surface area contributed by atoms with E-state index in [1.165, 1.54) is 32.1 Å². The highest BCUT2D eigenvalue weighted by molar-refractivity contribution is 7.99. The van der Waals surface area contributed by atoms with Crippen LogP contribution in [0.25, 0.3) is 11.0 Å². The quantitative estimate of drug-likeness (QED) is 0.455. The zero-order valence-electron chi connectivity index (χ0n) is 18.1. The molecule has 2 fully saturated rings. The molecule has 5 nitrogen and oxygen atoms in total. The van der Waals surface area contributed by atoms with Gasteiger partial charge in [-0.3, -0.25) is 9.59 Å². The number of rotatable bonds is 7. The van der Waals surface area contributed by atoms with Crippen molar-refractivity contribution in [2.75, 3.05) is 5.32 Å². The van der Waals surface area contributed by atoms with Crippen molar-refractivity contribution in [2.24, 2.45) is 0 Å². The molecule has 0 unspecified atom stereocenters. The Morgan fingerprint density at radius 2 is 1.66 bits per heavy atom. The average Bonchev–Trinajstić information content (AvgIpc) is 3.56. The summed E-state index contributed by atoms with van der Waals surface area (Å²) in [5.41, 5.74) is 2.95. The van der Waals surface area contributed by atoms with Crippen LogP contribution in [0.15, 0.2) is 52.9 Å². The van der Waals surface area contributed by atoms with Gasteiger partial charge in [0.1, 0.15) is 5.58 Å². The van der Waals surface area contributed by atoms with Gasteiger partial charge in [0.05, 0.1) is 0 Å². The number of thioether (sulfide) groups is 1. The van der Waals surface area contributed by atoms with E-state index >= 15 is 0 Å². The normalized spacial score (nSPS) is 16.8. The zero-order chi connectivity index (χ0) is 21.9. The van der Waals surface area contributed by atoms with Crippen molar-refractivity contribution in [2.45, 2.75) is 62.0 Å². The first-order chi connectivity index (χ1) is 15.7. The lowest BCUT2D eigenvalue weighted by Gasteiger charge is -2.20. The summed E-state index contributed by atoms with van der Waals surface area (Å²) in [6, 6.07) is 15.2. The molecular weight excluding hydrogens is 420 g/mol. The number of hydrogen-bond donors (Lipinski definition) is 2. The molecule has 0 saturated heterocycles. The Balaban J connectivity index is 1.31. The molecule has 1 heterocycles. The number of nitrogens with one attached hydrogen (secondary N) is 2. The lowest BCUT2D eigenvalue weighted by atomic mass is 10.0. The maximum absolute atomic E-state index is 13.1. The number of amides is 2. The molecule has 0 aliphatic heterocycles. The summed E-state index contributed by atoms with van der Waals surface area (Å²) in [5.74, 6) is 0.829. The van der Waals surface area contributed by atoms with Crippen molar-refractivity contribution in [3.63, 3.8) is 0 Å². The highest BCUT2D eigenvalue weighted by Crippen LogP contribution is 2.35. The second-order valence-electron chi connectivity index (χ2n) is 8.76. The van der Waals surface area contributed by atoms with Crippen LogP contribution in [0.5, 0.6) is 0 Å². The highest BCUT2D eigenvalue weighted by atomic mass is 32.2. The monoisotopic (exact) mass is 448 g/mol. The lowest BCUT2D eigenvalue weighted by Crippen LogP contribution is -2.25. The maximum Gasteiger partial charge on any atom is 0.291 e. The third-order valence-electron chi connectivity index (χ3n) is 6.24. The van der Waals surface area contributed by atoms with Gasteiger partial charge in [-0.05, 0) is 56.0 Å². The number of carbonyl (C=O) groups excluding carboxylic acids is 2. The first-order valence-electron chi connectivity index (χ1n) is 11.5. The molecule has 0 bridgehead atoms. The van der Waals surface area contributed by atoms with Gasteiger partial charge in [-0.15, -0.1) is 0 Å². The Morgan fingerprint density at radius 3 is 2.41 bits per heavy atom. The van der Waals surface area contributed by atoms with Crippen molar-refractivity contribution < 1.29 is 14.0 Å². The molecule has 2 amide bonds. The minimum absolute atomic E-state index is 0.0651. The summed E-state index contributed by atoms with van der Waals surface area (Å²) >= 11 is 1.94. The summed E-state index contributed by atoms with van der Waals surface area (Å²) in [6.07, 6.45) is 8.54. The van der Waals surface area contributed by atoms with Crippen LogP contribution in [-0.2, 0) is 5.75 Å². The summed E-state index contributed by atoms with van der Waals surface area (Å²) in [4.78, 5) is 25.3. The molecule has 32 heavy (non-hydrogen) atoms. The molecule has 2 aliphatic rings. The number of furan rings is 1. The van der Waals surface area contributed by atoms with Crippen molar-refractivity contribution in [3.05, 3.63) is 65.4 Å². The molecular formula is C26H28N2O3S. The Labute approximate surface area is 192 Å². The second-order valence-corrected chi connectivity index (χ2v) is 10.0. The van der Waals surface area contributed by atoms with Crippen LogP contribution in [0.1, 0.15) is 71.4 Å². The largest absolute Gasteiger partial charge is 0.451 e. The van der Waals surface area contributed by atoms with Crippen LogP contribution >= 0.6 is 11.8 Å². The van der Waals surface area contributed by atoms with Gasteiger partial charge in [0.15, 0.2) is 5.76 Å².